The van der Waals surface area contributed by atoms with Crippen LogP contribution in [0.1, 0.15) is 112 Å². The van der Waals surface area contributed by atoms with Gasteiger partial charge in [0.2, 0.25) is 0 Å². The number of hydrogen-bond donors (Lipinski definition) is 0. The van der Waals surface area contributed by atoms with E-state index in [0.717, 1.165) is 30.6 Å². The molecule has 0 aromatic heterocycles. The van der Waals surface area contributed by atoms with Gasteiger partial charge in [0.15, 0.2) is 0 Å². The van der Waals surface area contributed by atoms with E-state index >= 15 is 0 Å². The maximum absolute atomic E-state index is 12.6. The first-order valence-electron chi connectivity index (χ1n) is 13.3. The number of fused-ring (bicyclic) bond motifs is 2. The van der Waals surface area contributed by atoms with E-state index in [1.54, 1.807) is 12.0 Å². The van der Waals surface area contributed by atoms with Gasteiger partial charge in [-0.25, -0.2) is 0 Å². The highest BCUT2D eigenvalue weighted by Gasteiger charge is 2.80. The van der Waals surface area contributed by atoms with Crippen LogP contribution in [0.25, 0.3) is 0 Å². The highest BCUT2D eigenvalue weighted by Crippen LogP contribution is 2.87. The molecular weight excluding hydrogens is 364 g/mol. The van der Waals surface area contributed by atoms with Crippen molar-refractivity contribution in [3.63, 3.8) is 0 Å². The van der Waals surface area contributed by atoms with Crippen molar-refractivity contribution in [2.45, 2.75) is 112 Å². The minimum absolute atomic E-state index is 0.441. The lowest BCUT2D eigenvalue weighted by Crippen LogP contribution is -2.54. The van der Waals surface area contributed by atoms with Crippen LogP contribution in [0, 0.1) is 51.2 Å². The van der Waals surface area contributed by atoms with Crippen molar-refractivity contribution in [3.8, 4) is 0 Å². The molecule has 5 rings (SSSR count). The first-order valence-corrected chi connectivity index (χ1v) is 13.3. The Labute approximate surface area is 185 Å². The third kappa shape index (κ3) is 2.56. The number of carbonyl (C=O) groups is 1. The third-order valence-electron chi connectivity index (χ3n) is 12.0. The van der Waals surface area contributed by atoms with E-state index in [1.165, 1.54) is 51.4 Å². The molecule has 8 atom stereocenters. The molecule has 1 unspecified atom stereocenters. The first-order chi connectivity index (χ1) is 14.1. The Balaban J connectivity index is 1.39. The second-order valence-corrected chi connectivity index (χ2v) is 13.5. The standard InChI is InChI=1S/C29H46O/c1-19(2)16-22(30)17-21(4)23-11-13-27(6)25-10-9-24-20(3)8-7-12-28(24)18-29(25,28)15-14-26(23,27)5/h8,19,21,23-25H,7,9-18H2,1-6H3/t21-,23-,24+,25?,26-,27+,28-,29+/m1/s1. The maximum atomic E-state index is 12.6. The van der Waals surface area contributed by atoms with Gasteiger partial charge in [0.05, 0.1) is 0 Å². The van der Waals surface area contributed by atoms with Crippen molar-refractivity contribution < 1.29 is 4.79 Å². The van der Waals surface area contributed by atoms with E-state index in [9.17, 15) is 4.79 Å². The Hall–Kier alpha value is -0.590. The molecule has 0 aromatic rings. The molecule has 0 heterocycles. The Morgan fingerprint density at radius 2 is 1.73 bits per heavy atom. The summed E-state index contributed by atoms with van der Waals surface area (Å²) in [6, 6.07) is 0. The van der Waals surface area contributed by atoms with E-state index in [2.05, 4.69) is 47.6 Å². The molecule has 4 saturated carbocycles. The van der Waals surface area contributed by atoms with Gasteiger partial charge in [-0.2, -0.15) is 0 Å². The van der Waals surface area contributed by atoms with Gasteiger partial charge in [-0.3, -0.25) is 4.79 Å². The van der Waals surface area contributed by atoms with Crippen molar-refractivity contribution in [2.75, 3.05) is 0 Å². The van der Waals surface area contributed by atoms with Gasteiger partial charge < -0.3 is 0 Å². The van der Waals surface area contributed by atoms with Crippen LogP contribution in [-0.2, 0) is 4.79 Å². The molecule has 0 saturated heterocycles. The van der Waals surface area contributed by atoms with Gasteiger partial charge in [-0.15, -0.1) is 0 Å². The van der Waals surface area contributed by atoms with Gasteiger partial charge in [-0.1, -0.05) is 46.3 Å². The second-order valence-electron chi connectivity index (χ2n) is 13.5. The number of Topliss-reactive ketones (excluding diaryl/α,β-unsaturated/α-hetero) is 1. The summed E-state index contributed by atoms with van der Waals surface area (Å²) in [5, 5.41) is 0. The van der Waals surface area contributed by atoms with Crippen LogP contribution in [0.4, 0.5) is 0 Å². The fourth-order valence-corrected chi connectivity index (χ4v) is 10.6. The minimum Gasteiger partial charge on any atom is -0.300 e. The van der Waals surface area contributed by atoms with Crippen LogP contribution < -0.4 is 0 Å². The molecule has 0 bridgehead atoms. The molecule has 0 aromatic carbocycles. The summed E-state index contributed by atoms with van der Waals surface area (Å²) in [4.78, 5) is 12.6. The molecule has 0 aliphatic heterocycles. The smallest absolute Gasteiger partial charge is 0.133 e. The quantitative estimate of drug-likeness (QED) is 0.420. The average molecular weight is 411 g/mol. The molecular formula is C29H46O. The lowest BCUT2D eigenvalue weighted by molar-refractivity contribution is -0.128. The lowest BCUT2D eigenvalue weighted by atomic mass is 9.43. The van der Waals surface area contributed by atoms with Gasteiger partial charge in [0.1, 0.15) is 5.78 Å². The van der Waals surface area contributed by atoms with E-state index in [1.807, 2.05) is 0 Å². The summed E-state index contributed by atoms with van der Waals surface area (Å²) in [5.41, 5.74) is 4.02. The predicted molar refractivity (Wildman–Crippen MR) is 125 cm³/mol. The molecule has 1 nitrogen and oxygen atoms in total. The molecule has 2 spiro atoms. The van der Waals surface area contributed by atoms with Crippen LogP contribution in [0.15, 0.2) is 11.6 Å². The SMILES string of the molecule is CC1=CCC[C@]23C[C@]24CC[C@]2(C)[C@@H]([C@H](C)CC(=O)CC(C)C)CC[C@@]2(C)C4CC[C@@H]13. The van der Waals surface area contributed by atoms with Crippen LogP contribution in [-0.4, -0.2) is 5.78 Å². The summed E-state index contributed by atoms with van der Waals surface area (Å²) >= 11 is 0. The summed E-state index contributed by atoms with van der Waals surface area (Å²) in [5.74, 6) is 4.15. The maximum Gasteiger partial charge on any atom is 0.133 e. The highest BCUT2D eigenvalue weighted by molar-refractivity contribution is 5.78. The number of carbonyl (C=O) groups excluding carboxylic acids is 1. The van der Waals surface area contributed by atoms with Gasteiger partial charge in [-0.05, 0) is 116 Å². The molecule has 30 heavy (non-hydrogen) atoms. The normalized spacial score (nSPS) is 50.1. The van der Waals surface area contributed by atoms with Gasteiger partial charge >= 0.3 is 0 Å². The largest absolute Gasteiger partial charge is 0.300 e. The predicted octanol–water partition coefficient (Wildman–Crippen LogP) is 7.99. The van der Waals surface area contributed by atoms with Crippen molar-refractivity contribution in [1.29, 1.82) is 0 Å². The Kier molecular flexibility index (Phi) is 4.75. The van der Waals surface area contributed by atoms with Crippen molar-refractivity contribution in [3.05, 3.63) is 11.6 Å². The zero-order valence-corrected chi connectivity index (χ0v) is 20.7. The Bertz CT molecular complexity index is 762. The van der Waals surface area contributed by atoms with E-state index in [4.69, 9.17) is 0 Å². The molecule has 0 amide bonds. The lowest BCUT2D eigenvalue weighted by Gasteiger charge is -2.61. The summed E-state index contributed by atoms with van der Waals surface area (Å²) in [6.07, 6.45) is 17.1. The van der Waals surface area contributed by atoms with E-state index in [-0.39, 0.29) is 0 Å². The second kappa shape index (κ2) is 6.71. The topological polar surface area (TPSA) is 17.1 Å². The number of hydrogen-bond acceptors (Lipinski definition) is 1. The average Bonchev–Trinajstić information content (AvgIpc) is 3.22. The van der Waals surface area contributed by atoms with Gasteiger partial charge in [0.25, 0.3) is 0 Å². The zero-order valence-electron chi connectivity index (χ0n) is 20.7. The molecule has 0 N–H and O–H groups in total. The molecule has 168 valence electrons. The minimum atomic E-state index is 0.441. The number of allylic oxidation sites excluding steroid dienone is 2. The highest BCUT2D eigenvalue weighted by atomic mass is 16.1. The summed E-state index contributed by atoms with van der Waals surface area (Å²) in [7, 11) is 0. The van der Waals surface area contributed by atoms with Gasteiger partial charge in [0, 0.05) is 12.8 Å². The number of ketones is 1. The fourth-order valence-electron chi connectivity index (χ4n) is 10.6. The molecule has 1 heteroatoms. The molecule has 4 fully saturated rings. The van der Waals surface area contributed by atoms with E-state index < -0.39 is 0 Å². The van der Waals surface area contributed by atoms with Crippen molar-refractivity contribution >= 4 is 5.78 Å². The van der Waals surface area contributed by atoms with Crippen molar-refractivity contribution in [2.24, 2.45) is 51.2 Å². The van der Waals surface area contributed by atoms with Crippen LogP contribution in [0.5, 0.6) is 0 Å². The molecule has 0 radical (unpaired) electrons. The number of rotatable bonds is 5. The summed E-state index contributed by atoms with van der Waals surface area (Å²) < 4.78 is 0. The monoisotopic (exact) mass is 410 g/mol. The fraction of sp³-hybridized carbons (Fsp3) is 0.897. The third-order valence-corrected chi connectivity index (χ3v) is 12.0. The summed E-state index contributed by atoms with van der Waals surface area (Å²) in [6.45, 7) is 14.6. The van der Waals surface area contributed by atoms with Crippen LogP contribution >= 0.6 is 0 Å². The molecule has 5 aliphatic rings. The Morgan fingerprint density at radius 3 is 2.47 bits per heavy atom. The Morgan fingerprint density at radius 1 is 0.967 bits per heavy atom. The first kappa shape index (κ1) is 21.3. The molecule has 5 aliphatic carbocycles. The van der Waals surface area contributed by atoms with Crippen LogP contribution in [0.2, 0.25) is 0 Å². The van der Waals surface area contributed by atoms with Crippen LogP contribution in [0.3, 0.4) is 0 Å². The van der Waals surface area contributed by atoms with E-state index in [0.29, 0.717) is 39.3 Å². The zero-order chi connectivity index (χ0) is 21.5. The van der Waals surface area contributed by atoms with Crippen molar-refractivity contribution in [1.82, 2.24) is 0 Å².